The van der Waals surface area contributed by atoms with Gasteiger partial charge < -0.3 is 0 Å². The van der Waals surface area contributed by atoms with Crippen LogP contribution in [-0.2, 0) is 12.8 Å². The lowest BCUT2D eigenvalue weighted by Gasteiger charge is -2.06. The van der Waals surface area contributed by atoms with E-state index >= 15 is 0 Å². The van der Waals surface area contributed by atoms with Crippen LogP contribution in [0, 0.1) is 0 Å². The molecular formula is C24H35FN2. The van der Waals surface area contributed by atoms with Gasteiger partial charge in [-0.2, -0.15) is 0 Å². The van der Waals surface area contributed by atoms with Crippen molar-refractivity contribution in [1.29, 1.82) is 0 Å². The Labute approximate surface area is 164 Å². The third kappa shape index (κ3) is 8.19. The average Bonchev–Trinajstić information content (AvgIpc) is 2.72. The monoisotopic (exact) mass is 370 g/mol. The number of hydrogen-bond acceptors (Lipinski definition) is 2. The zero-order chi connectivity index (χ0) is 19.3. The van der Waals surface area contributed by atoms with Crippen LogP contribution in [-0.4, -0.2) is 16.1 Å². The molecule has 0 saturated heterocycles. The van der Waals surface area contributed by atoms with Crippen molar-refractivity contribution >= 4 is 0 Å². The van der Waals surface area contributed by atoms with E-state index in [2.05, 4.69) is 41.2 Å². The van der Waals surface area contributed by atoms with E-state index in [4.69, 9.17) is 0 Å². The molecule has 1 unspecified atom stereocenters. The fraction of sp³-hybridized carbons (Fsp3) is 0.583. The van der Waals surface area contributed by atoms with Gasteiger partial charge >= 0.3 is 0 Å². The van der Waals surface area contributed by atoms with E-state index in [1.807, 2.05) is 19.3 Å². The van der Waals surface area contributed by atoms with E-state index in [-0.39, 0.29) is 0 Å². The predicted molar refractivity (Wildman–Crippen MR) is 113 cm³/mol. The van der Waals surface area contributed by atoms with Gasteiger partial charge in [0, 0.05) is 18.0 Å². The fourth-order valence-corrected chi connectivity index (χ4v) is 3.29. The Morgan fingerprint density at radius 1 is 0.778 bits per heavy atom. The number of benzene rings is 1. The highest BCUT2D eigenvalue weighted by molar-refractivity contribution is 5.55. The molecule has 0 spiro atoms. The molecule has 0 aliphatic heterocycles. The molecule has 27 heavy (non-hydrogen) atoms. The number of aryl methyl sites for hydroxylation is 2. The van der Waals surface area contributed by atoms with E-state index in [9.17, 15) is 4.39 Å². The first-order chi connectivity index (χ1) is 13.2. The Hall–Kier alpha value is -1.77. The summed E-state index contributed by atoms with van der Waals surface area (Å²) in [5, 5.41) is 0. The molecule has 0 radical (unpaired) electrons. The highest BCUT2D eigenvalue weighted by Gasteiger charge is 2.04. The summed E-state index contributed by atoms with van der Waals surface area (Å²) in [5.41, 5.74) is 3.59. The summed E-state index contributed by atoms with van der Waals surface area (Å²) in [7, 11) is 0. The van der Waals surface area contributed by atoms with Crippen LogP contribution < -0.4 is 0 Å². The number of alkyl halides is 1. The summed E-state index contributed by atoms with van der Waals surface area (Å²) in [4.78, 5) is 9.09. The lowest BCUT2D eigenvalue weighted by atomic mass is 10.0. The molecule has 2 rings (SSSR count). The first-order valence-electron chi connectivity index (χ1n) is 10.8. The number of hydrogen-bond donors (Lipinski definition) is 0. The Morgan fingerprint density at radius 2 is 1.41 bits per heavy atom. The van der Waals surface area contributed by atoms with Crippen molar-refractivity contribution in [3.8, 4) is 11.4 Å². The quantitative estimate of drug-likeness (QED) is 0.351. The minimum atomic E-state index is -0.635. The molecule has 1 aromatic heterocycles. The molecular weight excluding hydrogens is 335 g/mol. The predicted octanol–water partition coefficient (Wildman–Crippen LogP) is 7.12. The third-order valence-electron chi connectivity index (χ3n) is 5.16. The van der Waals surface area contributed by atoms with Gasteiger partial charge in [-0.1, -0.05) is 70.2 Å². The van der Waals surface area contributed by atoms with Crippen LogP contribution in [0.25, 0.3) is 11.4 Å². The van der Waals surface area contributed by atoms with E-state index in [1.165, 1.54) is 43.2 Å². The number of halogens is 1. The number of aromatic nitrogens is 2. The first kappa shape index (κ1) is 21.5. The molecule has 0 aliphatic rings. The molecule has 0 aliphatic carbocycles. The summed E-state index contributed by atoms with van der Waals surface area (Å²) in [5.74, 6) is 0.791. The topological polar surface area (TPSA) is 25.8 Å². The minimum absolute atomic E-state index is 0.631. The molecule has 0 fully saturated rings. The maximum Gasteiger partial charge on any atom is 0.159 e. The third-order valence-corrected chi connectivity index (χ3v) is 5.16. The maximum absolute atomic E-state index is 13.2. The van der Waals surface area contributed by atoms with Crippen molar-refractivity contribution in [2.75, 3.05) is 0 Å². The average molecular weight is 371 g/mol. The molecule has 1 heterocycles. The van der Waals surface area contributed by atoms with E-state index in [0.29, 0.717) is 12.8 Å². The van der Waals surface area contributed by atoms with Gasteiger partial charge in [0.25, 0.3) is 0 Å². The van der Waals surface area contributed by atoms with E-state index in [1.54, 1.807) is 0 Å². The lowest BCUT2D eigenvalue weighted by Crippen LogP contribution is -1.97. The molecule has 148 valence electrons. The van der Waals surface area contributed by atoms with Crippen molar-refractivity contribution in [2.24, 2.45) is 0 Å². The highest BCUT2D eigenvalue weighted by Crippen LogP contribution is 2.18. The zero-order valence-corrected chi connectivity index (χ0v) is 17.1. The molecule has 3 heteroatoms. The Balaban J connectivity index is 1.77. The molecule has 2 aromatic rings. The summed E-state index contributed by atoms with van der Waals surface area (Å²) >= 11 is 0. The van der Waals surface area contributed by atoms with Gasteiger partial charge in [-0.05, 0) is 49.7 Å². The Bertz CT molecular complexity index is 622. The molecule has 0 N–H and O–H groups in total. The van der Waals surface area contributed by atoms with Crippen LogP contribution in [0.4, 0.5) is 4.39 Å². The molecule has 2 nitrogen and oxygen atoms in total. The van der Waals surface area contributed by atoms with E-state index in [0.717, 1.165) is 37.1 Å². The minimum Gasteiger partial charge on any atom is -0.248 e. The normalized spacial score (nSPS) is 12.3. The second-order valence-electron chi connectivity index (χ2n) is 7.53. The molecule has 0 amide bonds. The lowest BCUT2D eigenvalue weighted by molar-refractivity contribution is 0.297. The van der Waals surface area contributed by atoms with E-state index < -0.39 is 6.17 Å². The van der Waals surface area contributed by atoms with Crippen LogP contribution in [0.3, 0.4) is 0 Å². The SMILES string of the molecule is CCCCCCCc1cnc(-c2ccc(CCCCC(F)CC)cc2)nc1. The fourth-order valence-electron chi connectivity index (χ4n) is 3.29. The Morgan fingerprint density at radius 3 is 2.07 bits per heavy atom. The number of unbranched alkanes of at least 4 members (excludes halogenated alkanes) is 5. The van der Waals surface area contributed by atoms with Gasteiger partial charge in [0.1, 0.15) is 0 Å². The van der Waals surface area contributed by atoms with Gasteiger partial charge in [-0.25, -0.2) is 14.4 Å². The van der Waals surface area contributed by atoms with Crippen LogP contribution in [0.1, 0.15) is 82.8 Å². The van der Waals surface area contributed by atoms with Crippen molar-refractivity contribution in [1.82, 2.24) is 9.97 Å². The Kier molecular flexibility index (Phi) is 10.0. The second kappa shape index (κ2) is 12.6. The smallest absolute Gasteiger partial charge is 0.159 e. The van der Waals surface area contributed by atoms with Gasteiger partial charge in [-0.15, -0.1) is 0 Å². The first-order valence-corrected chi connectivity index (χ1v) is 10.8. The van der Waals surface area contributed by atoms with Crippen molar-refractivity contribution < 1.29 is 4.39 Å². The summed E-state index contributed by atoms with van der Waals surface area (Å²) < 4.78 is 13.2. The maximum atomic E-state index is 13.2. The largest absolute Gasteiger partial charge is 0.248 e. The molecule has 1 aromatic carbocycles. The standard InChI is InChI=1S/C24H35FN2/c1-3-5-6-7-8-12-21-18-26-24(27-19-21)22-16-14-20(15-17-22)11-9-10-13-23(25)4-2/h14-19,23H,3-13H2,1-2H3. The summed E-state index contributed by atoms with van der Waals surface area (Å²) in [6.07, 6.45) is 15.2. The van der Waals surface area contributed by atoms with Crippen LogP contribution in [0.2, 0.25) is 0 Å². The van der Waals surface area contributed by atoms with Crippen LogP contribution >= 0.6 is 0 Å². The van der Waals surface area contributed by atoms with Crippen molar-refractivity contribution in [3.05, 3.63) is 47.8 Å². The van der Waals surface area contributed by atoms with Crippen molar-refractivity contribution in [2.45, 2.75) is 90.6 Å². The van der Waals surface area contributed by atoms with Gasteiger partial charge in [-0.3, -0.25) is 0 Å². The van der Waals surface area contributed by atoms with Gasteiger partial charge in [0.05, 0.1) is 6.17 Å². The zero-order valence-electron chi connectivity index (χ0n) is 17.1. The second-order valence-corrected chi connectivity index (χ2v) is 7.53. The summed E-state index contributed by atoms with van der Waals surface area (Å²) in [6.45, 7) is 4.15. The van der Waals surface area contributed by atoms with Gasteiger partial charge in [0.15, 0.2) is 5.82 Å². The van der Waals surface area contributed by atoms with Gasteiger partial charge in [0.2, 0.25) is 0 Å². The molecule has 1 atom stereocenters. The number of nitrogens with zero attached hydrogens (tertiary/aromatic N) is 2. The number of rotatable bonds is 13. The molecule has 0 bridgehead atoms. The van der Waals surface area contributed by atoms with Crippen LogP contribution in [0.5, 0.6) is 0 Å². The highest BCUT2D eigenvalue weighted by atomic mass is 19.1. The van der Waals surface area contributed by atoms with Crippen molar-refractivity contribution in [3.63, 3.8) is 0 Å². The van der Waals surface area contributed by atoms with Crippen LogP contribution in [0.15, 0.2) is 36.7 Å². The summed E-state index contributed by atoms with van der Waals surface area (Å²) in [6, 6.07) is 8.48. The molecule has 0 saturated carbocycles.